The maximum Gasteiger partial charge on any atom is 0.257 e. The fourth-order valence-corrected chi connectivity index (χ4v) is 3.09. The van der Waals surface area contributed by atoms with Gasteiger partial charge in [0.2, 0.25) is 5.91 Å². The number of hydrogen-bond donors (Lipinski definition) is 0. The van der Waals surface area contributed by atoms with Crippen LogP contribution < -0.4 is 4.90 Å². The SMILES string of the molecule is Cc1ccc(F)cc1N1CC(c2noc(-c3ccccc3)n2)CC1=O. The highest BCUT2D eigenvalue weighted by Crippen LogP contribution is 2.33. The molecule has 5 nitrogen and oxygen atoms in total. The van der Waals surface area contributed by atoms with Crippen LogP contribution in [0.5, 0.6) is 0 Å². The van der Waals surface area contributed by atoms with Crippen molar-refractivity contribution in [2.45, 2.75) is 19.3 Å². The molecule has 2 aromatic carbocycles. The monoisotopic (exact) mass is 337 g/mol. The Hall–Kier alpha value is -3.02. The predicted molar refractivity (Wildman–Crippen MR) is 90.6 cm³/mol. The average molecular weight is 337 g/mol. The Morgan fingerprint density at radius 1 is 1.20 bits per heavy atom. The van der Waals surface area contributed by atoms with Crippen LogP contribution in [0.3, 0.4) is 0 Å². The number of nitrogens with zero attached hydrogens (tertiary/aromatic N) is 3. The highest BCUT2D eigenvalue weighted by Gasteiger charge is 2.35. The van der Waals surface area contributed by atoms with Crippen molar-refractivity contribution < 1.29 is 13.7 Å². The minimum Gasteiger partial charge on any atom is -0.334 e. The van der Waals surface area contributed by atoms with E-state index in [2.05, 4.69) is 10.1 Å². The summed E-state index contributed by atoms with van der Waals surface area (Å²) in [5, 5.41) is 4.04. The van der Waals surface area contributed by atoms with Crippen LogP contribution in [-0.2, 0) is 4.79 Å². The molecule has 3 aromatic rings. The predicted octanol–water partition coefficient (Wildman–Crippen LogP) is 3.70. The molecule has 1 aliphatic rings. The number of aromatic nitrogens is 2. The molecule has 2 heterocycles. The van der Waals surface area contributed by atoms with E-state index in [0.717, 1.165) is 11.1 Å². The Labute approximate surface area is 144 Å². The zero-order valence-corrected chi connectivity index (χ0v) is 13.6. The Bertz CT molecular complexity index is 923. The molecule has 1 atom stereocenters. The standard InChI is InChI=1S/C19H16FN3O2/c1-12-7-8-15(20)10-16(12)23-11-14(9-17(23)24)18-21-19(25-22-18)13-5-3-2-4-6-13/h2-8,10,14H,9,11H2,1H3. The molecule has 1 saturated heterocycles. The maximum absolute atomic E-state index is 13.6. The smallest absolute Gasteiger partial charge is 0.257 e. The van der Waals surface area contributed by atoms with E-state index in [1.165, 1.54) is 12.1 Å². The molecule has 25 heavy (non-hydrogen) atoms. The molecule has 1 aromatic heterocycles. The third-order valence-electron chi connectivity index (χ3n) is 4.41. The Balaban J connectivity index is 1.59. The molecule has 1 unspecified atom stereocenters. The third-order valence-corrected chi connectivity index (χ3v) is 4.41. The lowest BCUT2D eigenvalue weighted by atomic mass is 10.1. The fourth-order valence-electron chi connectivity index (χ4n) is 3.09. The molecule has 6 heteroatoms. The molecule has 0 spiro atoms. The second-order valence-electron chi connectivity index (χ2n) is 6.16. The van der Waals surface area contributed by atoms with E-state index in [1.807, 2.05) is 37.3 Å². The van der Waals surface area contributed by atoms with E-state index in [-0.39, 0.29) is 24.1 Å². The number of halogens is 1. The highest BCUT2D eigenvalue weighted by atomic mass is 19.1. The van der Waals surface area contributed by atoms with Gasteiger partial charge in [-0.3, -0.25) is 4.79 Å². The second kappa shape index (κ2) is 6.12. The first kappa shape index (κ1) is 15.5. The van der Waals surface area contributed by atoms with Crippen molar-refractivity contribution >= 4 is 11.6 Å². The van der Waals surface area contributed by atoms with Gasteiger partial charge in [0, 0.05) is 30.1 Å². The molecule has 126 valence electrons. The van der Waals surface area contributed by atoms with Crippen molar-refractivity contribution in [3.8, 4) is 11.5 Å². The number of hydrogen-bond acceptors (Lipinski definition) is 4. The topological polar surface area (TPSA) is 59.2 Å². The van der Waals surface area contributed by atoms with E-state index in [0.29, 0.717) is 23.9 Å². The maximum atomic E-state index is 13.6. The van der Waals surface area contributed by atoms with Crippen molar-refractivity contribution in [2.75, 3.05) is 11.4 Å². The van der Waals surface area contributed by atoms with E-state index in [9.17, 15) is 9.18 Å². The summed E-state index contributed by atoms with van der Waals surface area (Å²) in [5.41, 5.74) is 2.29. The first-order valence-electron chi connectivity index (χ1n) is 8.07. The van der Waals surface area contributed by atoms with Crippen LogP contribution in [0, 0.1) is 12.7 Å². The van der Waals surface area contributed by atoms with Crippen LogP contribution in [0.25, 0.3) is 11.5 Å². The van der Waals surface area contributed by atoms with Gasteiger partial charge in [-0.15, -0.1) is 0 Å². The van der Waals surface area contributed by atoms with Gasteiger partial charge in [0.1, 0.15) is 5.82 Å². The van der Waals surface area contributed by atoms with Gasteiger partial charge in [0.15, 0.2) is 5.82 Å². The van der Waals surface area contributed by atoms with Crippen LogP contribution in [0.1, 0.15) is 23.7 Å². The number of aryl methyl sites for hydroxylation is 1. The molecule has 0 saturated carbocycles. The third kappa shape index (κ3) is 2.91. The highest BCUT2D eigenvalue weighted by molar-refractivity contribution is 5.97. The van der Waals surface area contributed by atoms with Crippen molar-refractivity contribution in [1.82, 2.24) is 10.1 Å². The van der Waals surface area contributed by atoms with Gasteiger partial charge in [-0.2, -0.15) is 4.98 Å². The summed E-state index contributed by atoms with van der Waals surface area (Å²) < 4.78 is 18.9. The first-order valence-corrected chi connectivity index (χ1v) is 8.07. The summed E-state index contributed by atoms with van der Waals surface area (Å²) in [6.45, 7) is 2.27. The Morgan fingerprint density at radius 2 is 2.00 bits per heavy atom. The van der Waals surface area contributed by atoms with Gasteiger partial charge >= 0.3 is 0 Å². The first-order chi connectivity index (χ1) is 12.1. The summed E-state index contributed by atoms with van der Waals surface area (Å²) >= 11 is 0. The number of amides is 1. The molecule has 0 radical (unpaired) electrons. The number of benzene rings is 2. The van der Waals surface area contributed by atoms with E-state index in [4.69, 9.17) is 4.52 Å². The van der Waals surface area contributed by atoms with Gasteiger partial charge in [-0.05, 0) is 36.8 Å². The summed E-state index contributed by atoms with van der Waals surface area (Å²) in [6, 6.07) is 13.9. The minimum absolute atomic E-state index is 0.0650. The molecule has 0 bridgehead atoms. The van der Waals surface area contributed by atoms with Gasteiger partial charge in [0.25, 0.3) is 5.89 Å². The lowest BCUT2D eigenvalue weighted by molar-refractivity contribution is -0.117. The van der Waals surface area contributed by atoms with E-state index < -0.39 is 0 Å². The molecule has 0 aliphatic carbocycles. The Kier molecular flexibility index (Phi) is 3.80. The van der Waals surface area contributed by atoms with Crippen LogP contribution in [0.2, 0.25) is 0 Å². The van der Waals surface area contributed by atoms with Gasteiger partial charge in [0.05, 0.1) is 0 Å². The molecule has 4 rings (SSSR count). The van der Waals surface area contributed by atoms with E-state index >= 15 is 0 Å². The van der Waals surface area contributed by atoms with Crippen molar-refractivity contribution in [2.24, 2.45) is 0 Å². The van der Waals surface area contributed by atoms with Crippen LogP contribution in [0.15, 0.2) is 53.1 Å². The lowest BCUT2D eigenvalue weighted by Crippen LogP contribution is -2.25. The number of carbonyl (C=O) groups excluding carboxylic acids is 1. The molecule has 1 amide bonds. The van der Waals surface area contributed by atoms with Crippen molar-refractivity contribution in [3.63, 3.8) is 0 Å². The average Bonchev–Trinajstić information content (AvgIpc) is 3.25. The van der Waals surface area contributed by atoms with Gasteiger partial charge in [-0.25, -0.2) is 4.39 Å². The van der Waals surface area contributed by atoms with Gasteiger partial charge in [-0.1, -0.05) is 29.4 Å². The quantitative estimate of drug-likeness (QED) is 0.731. The van der Waals surface area contributed by atoms with Crippen LogP contribution >= 0.6 is 0 Å². The lowest BCUT2D eigenvalue weighted by Gasteiger charge is -2.18. The Morgan fingerprint density at radius 3 is 2.80 bits per heavy atom. The summed E-state index contributed by atoms with van der Waals surface area (Å²) in [4.78, 5) is 18.4. The molecule has 1 fully saturated rings. The van der Waals surface area contributed by atoms with Crippen LogP contribution in [0.4, 0.5) is 10.1 Å². The zero-order valence-electron chi connectivity index (χ0n) is 13.6. The summed E-state index contributed by atoms with van der Waals surface area (Å²) in [7, 11) is 0. The number of anilines is 1. The molecular formula is C19H16FN3O2. The fraction of sp³-hybridized carbons (Fsp3) is 0.211. The number of carbonyl (C=O) groups is 1. The van der Waals surface area contributed by atoms with Crippen molar-refractivity contribution in [1.29, 1.82) is 0 Å². The van der Waals surface area contributed by atoms with Crippen molar-refractivity contribution in [3.05, 3.63) is 65.7 Å². The molecule has 1 aliphatic heterocycles. The summed E-state index contributed by atoms with van der Waals surface area (Å²) in [5.74, 6) is 0.344. The van der Waals surface area contributed by atoms with Gasteiger partial charge < -0.3 is 9.42 Å². The van der Waals surface area contributed by atoms with E-state index in [1.54, 1.807) is 11.0 Å². The minimum atomic E-state index is -0.359. The zero-order chi connectivity index (χ0) is 17.4. The largest absolute Gasteiger partial charge is 0.334 e. The molecular weight excluding hydrogens is 321 g/mol. The molecule has 0 N–H and O–H groups in total. The second-order valence-corrected chi connectivity index (χ2v) is 6.16. The number of rotatable bonds is 3. The summed E-state index contributed by atoms with van der Waals surface area (Å²) in [6.07, 6.45) is 0.281. The normalized spacial score (nSPS) is 17.3. The van der Waals surface area contributed by atoms with Crippen LogP contribution in [-0.4, -0.2) is 22.6 Å².